The summed E-state index contributed by atoms with van der Waals surface area (Å²) < 4.78 is 34.5. The second-order valence-corrected chi connectivity index (χ2v) is 10.1. The number of nitrogens with zero attached hydrogens (tertiary/aromatic N) is 4. The van der Waals surface area contributed by atoms with Gasteiger partial charge in [0.2, 0.25) is 11.8 Å². The molecule has 6 nitrogen and oxygen atoms in total. The summed E-state index contributed by atoms with van der Waals surface area (Å²) in [5.74, 6) is -0.0255. The van der Waals surface area contributed by atoms with Crippen molar-refractivity contribution in [3.8, 4) is 22.7 Å². The van der Waals surface area contributed by atoms with E-state index in [1.54, 1.807) is 0 Å². The molecule has 1 aliphatic carbocycles. The van der Waals surface area contributed by atoms with E-state index >= 15 is 0 Å². The van der Waals surface area contributed by atoms with Crippen molar-refractivity contribution in [2.45, 2.75) is 31.7 Å². The Hall–Kier alpha value is -4.17. The number of aromatic amines is 1. The largest absolute Gasteiger partial charge is 0.420 e. The standard InChI is InChI=1S/C30H25F2N5O/c31-25-7-2-8-26(32)24(25)17-37-13-3-6-22(16-37)30-36-35-29(38-30)21-11-12-27-23(15-21)28(34-33-27)20-10-9-18-4-1-5-19(18)14-20/h1-2,5,7-12,14-15,22H,3-4,6,13,16-17H2,(H,33,34)/t22-/m1/s1. The van der Waals surface area contributed by atoms with Crippen molar-refractivity contribution in [3.63, 3.8) is 0 Å². The van der Waals surface area contributed by atoms with Gasteiger partial charge in [0.1, 0.15) is 11.6 Å². The zero-order chi connectivity index (χ0) is 25.6. The molecule has 8 heteroatoms. The first-order chi connectivity index (χ1) is 18.6. The third kappa shape index (κ3) is 4.11. The SMILES string of the molecule is Fc1cccc(F)c1CN1CCC[C@@H](c2nnc(-c3ccc4[nH]nc(-c5ccc6c(c5)C=CC6)c4c3)o2)C1. The summed E-state index contributed by atoms with van der Waals surface area (Å²) in [7, 11) is 0. The van der Waals surface area contributed by atoms with Gasteiger partial charge in [-0.1, -0.05) is 30.4 Å². The third-order valence-corrected chi connectivity index (χ3v) is 7.60. The summed E-state index contributed by atoms with van der Waals surface area (Å²) in [5.41, 5.74) is 6.35. The number of nitrogens with one attached hydrogen (secondary N) is 1. The molecule has 0 bridgehead atoms. The summed E-state index contributed by atoms with van der Waals surface area (Å²) in [6.45, 7) is 1.59. The first-order valence-corrected chi connectivity index (χ1v) is 12.9. The van der Waals surface area contributed by atoms with Gasteiger partial charge in [0.25, 0.3) is 0 Å². The van der Waals surface area contributed by atoms with Gasteiger partial charge in [0.05, 0.1) is 17.1 Å². The lowest BCUT2D eigenvalue weighted by molar-refractivity contribution is 0.182. The lowest BCUT2D eigenvalue weighted by atomic mass is 9.97. The van der Waals surface area contributed by atoms with E-state index in [-0.39, 0.29) is 18.0 Å². The summed E-state index contributed by atoms with van der Waals surface area (Å²) in [6, 6.07) is 16.4. The number of aromatic nitrogens is 4. The molecule has 2 aromatic heterocycles. The molecule has 190 valence electrons. The molecule has 5 aromatic rings. The van der Waals surface area contributed by atoms with Gasteiger partial charge >= 0.3 is 0 Å². The Kier molecular flexibility index (Phi) is 5.62. The van der Waals surface area contributed by atoms with Crippen molar-refractivity contribution in [2.75, 3.05) is 13.1 Å². The molecule has 0 amide bonds. The van der Waals surface area contributed by atoms with E-state index in [2.05, 4.69) is 55.6 Å². The van der Waals surface area contributed by atoms with Gasteiger partial charge in [-0.3, -0.25) is 10.00 Å². The average Bonchev–Trinajstić information content (AvgIpc) is 3.70. The Morgan fingerprint density at radius 2 is 1.87 bits per heavy atom. The molecule has 0 radical (unpaired) electrons. The minimum absolute atomic E-state index is 0.00696. The predicted molar refractivity (Wildman–Crippen MR) is 141 cm³/mol. The summed E-state index contributed by atoms with van der Waals surface area (Å²) in [4.78, 5) is 2.05. The van der Waals surface area contributed by atoms with E-state index in [1.165, 1.54) is 29.3 Å². The summed E-state index contributed by atoms with van der Waals surface area (Å²) >= 11 is 0. The second kappa shape index (κ2) is 9.29. The molecule has 0 unspecified atom stereocenters. The molecular formula is C30H25F2N5O. The van der Waals surface area contributed by atoms with E-state index in [1.807, 2.05) is 18.2 Å². The normalized spacial score (nSPS) is 17.4. The van der Waals surface area contributed by atoms with E-state index in [9.17, 15) is 8.78 Å². The number of benzene rings is 3. The van der Waals surface area contributed by atoms with Crippen LogP contribution in [0.3, 0.4) is 0 Å². The van der Waals surface area contributed by atoms with E-state index in [0.717, 1.165) is 53.5 Å². The Bertz CT molecular complexity index is 1670. The minimum atomic E-state index is -0.516. The number of allylic oxidation sites excluding steroid dienone is 1. The number of piperidine rings is 1. The van der Waals surface area contributed by atoms with E-state index < -0.39 is 11.6 Å². The van der Waals surface area contributed by atoms with Crippen molar-refractivity contribution in [2.24, 2.45) is 0 Å². The number of halogens is 2. The average molecular weight is 510 g/mol. The van der Waals surface area contributed by atoms with Crippen LogP contribution in [0.5, 0.6) is 0 Å². The van der Waals surface area contributed by atoms with Crippen molar-refractivity contribution >= 4 is 17.0 Å². The maximum Gasteiger partial charge on any atom is 0.247 e. The van der Waals surface area contributed by atoms with Crippen molar-refractivity contribution < 1.29 is 13.2 Å². The number of hydrogen-bond donors (Lipinski definition) is 1. The molecule has 1 atom stereocenters. The van der Waals surface area contributed by atoms with Crippen LogP contribution in [-0.4, -0.2) is 38.4 Å². The highest BCUT2D eigenvalue weighted by atomic mass is 19.1. The highest BCUT2D eigenvalue weighted by Gasteiger charge is 2.27. The molecule has 0 saturated carbocycles. The Labute approximate surface area is 218 Å². The van der Waals surface area contributed by atoms with Gasteiger partial charge in [-0.05, 0) is 73.3 Å². The van der Waals surface area contributed by atoms with Crippen LogP contribution in [0.25, 0.3) is 39.7 Å². The lowest BCUT2D eigenvalue weighted by Crippen LogP contribution is -2.34. The summed E-state index contributed by atoms with van der Waals surface area (Å²) in [5, 5.41) is 17.4. The van der Waals surface area contributed by atoms with Crippen molar-refractivity contribution in [1.29, 1.82) is 0 Å². The van der Waals surface area contributed by atoms with Gasteiger partial charge in [0, 0.05) is 35.2 Å². The molecular weight excluding hydrogens is 484 g/mol. The monoisotopic (exact) mass is 509 g/mol. The van der Waals surface area contributed by atoms with Gasteiger partial charge in [-0.25, -0.2) is 8.78 Å². The number of fused-ring (bicyclic) bond motifs is 2. The third-order valence-electron chi connectivity index (χ3n) is 7.60. The van der Waals surface area contributed by atoms with Crippen LogP contribution in [0.2, 0.25) is 0 Å². The molecule has 0 spiro atoms. The molecule has 1 fully saturated rings. The van der Waals surface area contributed by atoms with E-state index in [4.69, 9.17) is 4.42 Å². The van der Waals surface area contributed by atoms with Crippen LogP contribution < -0.4 is 0 Å². The quantitative estimate of drug-likeness (QED) is 0.293. The molecule has 38 heavy (non-hydrogen) atoms. The topological polar surface area (TPSA) is 70.8 Å². The zero-order valence-electron chi connectivity index (χ0n) is 20.6. The number of rotatable bonds is 5. The van der Waals surface area contributed by atoms with Gasteiger partial charge in [-0.2, -0.15) is 5.10 Å². The molecule has 1 aliphatic heterocycles. The number of H-pyrrole nitrogens is 1. The van der Waals surface area contributed by atoms with Crippen LogP contribution >= 0.6 is 0 Å². The Morgan fingerprint density at radius 3 is 2.76 bits per heavy atom. The maximum atomic E-state index is 14.2. The summed E-state index contributed by atoms with van der Waals surface area (Å²) in [6.07, 6.45) is 7.07. The molecule has 2 aliphatic rings. The zero-order valence-corrected chi connectivity index (χ0v) is 20.6. The highest BCUT2D eigenvalue weighted by Crippen LogP contribution is 2.34. The van der Waals surface area contributed by atoms with Crippen molar-refractivity contribution in [3.05, 3.63) is 94.9 Å². The predicted octanol–water partition coefficient (Wildman–Crippen LogP) is 6.51. The van der Waals surface area contributed by atoms with Crippen LogP contribution in [-0.2, 0) is 13.0 Å². The molecule has 7 rings (SSSR count). The minimum Gasteiger partial charge on any atom is -0.420 e. The van der Waals surface area contributed by atoms with Crippen LogP contribution in [0.1, 0.15) is 41.3 Å². The second-order valence-electron chi connectivity index (χ2n) is 10.1. The molecule has 3 heterocycles. The lowest BCUT2D eigenvalue weighted by Gasteiger charge is -2.31. The van der Waals surface area contributed by atoms with Crippen molar-refractivity contribution in [1.82, 2.24) is 25.3 Å². The Morgan fingerprint density at radius 1 is 1.00 bits per heavy atom. The van der Waals surface area contributed by atoms with Gasteiger partial charge in [0.15, 0.2) is 0 Å². The maximum absolute atomic E-state index is 14.2. The fourth-order valence-corrected chi connectivity index (χ4v) is 5.59. The fraction of sp³-hybridized carbons (Fsp3) is 0.233. The fourth-order valence-electron chi connectivity index (χ4n) is 5.59. The molecule has 1 saturated heterocycles. The van der Waals surface area contributed by atoms with Crippen LogP contribution in [0.4, 0.5) is 8.78 Å². The number of likely N-dealkylation sites (tertiary alicyclic amines) is 1. The van der Waals surface area contributed by atoms with Crippen LogP contribution in [0, 0.1) is 11.6 Å². The Balaban J connectivity index is 1.14. The van der Waals surface area contributed by atoms with Gasteiger partial charge in [-0.15, -0.1) is 10.2 Å². The van der Waals surface area contributed by atoms with Crippen LogP contribution in [0.15, 0.2) is 65.1 Å². The molecule has 3 aromatic carbocycles. The number of hydrogen-bond acceptors (Lipinski definition) is 5. The first-order valence-electron chi connectivity index (χ1n) is 12.9. The molecule has 1 N–H and O–H groups in total. The smallest absolute Gasteiger partial charge is 0.247 e. The highest BCUT2D eigenvalue weighted by molar-refractivity contribution is 5.95. The first kappa shape index (κ1) is 23.0. The van der Waals surface area contributed by atoms with E-state index in [0.29, 0.717) is 18.3 Å². The van der Waals surface area contributed by atoms with Gasteiger partial charge < -0.3 is 4.42 Å².